The number of alkyl carbamates (subject to hydrolysis) is 1. The average Bonchev–Trinajstić information content (AvgIpc) is 2.67. The van der Waals surface area contributed by atoms with Crippen molar-refractivity contribution in [1.82, 2.24) is 5.32 Å². The Bertz CT molecular complexity index is 1020. The normalized spacial score (nSPS) is 22.4. The molecule has 1 aromatic rings. The van der Waals surface area contributed by atoms with Crippen LogP contribution in [-0.4, -0.2) is 50.2 Å². The first kappa shape index (κ1) is 26.6. The Morgan fingerprint density at radius 1 is 1.12 bits per heavy atom. The molecular formula is C22H30F3NO7S. The lowest BCUT2D eigenvalue weighted by Crippen LogP contribution is -2.66. The van der Waals surface area contributed by atoms with E-state index in [1.165, 1.54) is 12.1 Å². The summed E-state index contributed by atoms with van der Waals surface area (Å²) < 4.78 is 82.0. The number of rotatable bonds is 4. The largest absolute Gasteiger partial charge is 0.534 e. The van der Waals surface area contributed by atoms with Crippen molar-refractivity contribution in [2.24, 2.45) is 5.92 Å². The number of carbonyl (C=O) groups is 1. The van der Waals surface area contributed by atoms with E-state index in [0.29, 0.717) is 24.8 Å². The summed E-state index contributed by atoms with van der Waals surface area (Å²) in [5.41, 5.74) is -5.61. The van der Waals surface area contributed by atoms with E-state index in [0.717, 1.165) is 5.56 Å². The molecule has 1 heterocycles. The molecule has 3 rings (SSSR count). The number of amides is 1. The summed E-state index contributed by atoms with van der Waals surface area (Å²) in [6.45, 7) is 9.19. The van der Waals surface area contributed by atoms with Gasteiger partial charge in [0.2, 0.25) is 0 Å². The fourth-order valence-electron chi connectivity index (χ4n) is 4.03. The van der Waals surface area contributed by atoms with Crippen LogP contribution in [0, 0.1) is 5.92 Å². The third-order valence-corrected chi connectivity index (χ3v) is 6.76. The van der Waals surface area contributed by atoms with Crippen LogP contribution in [0.15, 0.2) is 18.2 Å². The fraction of sp³-hybridized carbons (Fsp3) is 0.682. The lowest BCUT2D eigenvalue weighted by Gasteiger charge is -2.49. The monoisotopic (exact) mass is 509 g/mol. The number of fused-ring (bicyclic) bond motifs is 1. The third kappa shape index (κ3) is 6.14. The van der Waals surface area contributed by atoms with Crippen LogP contribution < -0.4 is 9.50 Å². The molecule has 2 aliphatic rings. The van der Waals surface area contributed by atoms with Gasteiger partial charge in [-0.2, -0.15) is 21.6 Å². The predicted molar refractivity (Wildman–Crippen MR) is 116 cm³/mol. The molecule has 1 aliphatic carbocycles. The van der Waals surface area contributed by atoms with Crippen LogP contribution in [0.4, 0.5) is 18.0 Å². The van der Waals surface area contributed by atoms with Gasteiger partial charge < -0.3 is 23.7 Å². The topological polar surface area (TPSA) is 100 Å². The van der Waals surface area contributed by atoms with E-state index in [-0.39, 0.29) is 19.1 Å². The molecule has 1 amide bonds. The van der Waals surface area contributed by atoms with Crippen LogP contribution in [0.1, 0.15) is 52.2 Å². The van der Waals surface area contributed by atoms with E-state index in [1.54, 1.807) is 40.7 Å². The second kappa shape index (κ2) is 8.87. The van der Waals surface area contributed by atoms with E-state index < -0.39 is 44.4 Å². The van der Waals surface area contributed by atoms with Crippen LogP contribution in [-0.2, 0) is 37.2 Å². The number of halogens is 3. The second-order valence-corrected chi connectivity index (χ2v) is 11.7. The van der Waals surface area contributed by atoms with Gasteiger partial charge in [0.05, 0.1) is 18.8 Å². The summed E-state index contributed by atoms with van der Waals surface area (Å²) in [6.07, 6.45) is 0.840. The highest BCUT2D eigenvalue weighted by Gasteiger charge is 2.50. The van der Waals surface area contributed by atoms with Crippen LogP contribution in [0.2, 0.25) is 0 Å². The van der Waals surface area contributed by atoms with Crippen LogP contribution in [0.25, 0.3) is 0 Å². The Labute approximate surface area is 197 Å². The maximum Gasteiger partial charge on any atom is 0.534 e. The van der Waals surface area contributed by atoms with E-state index in [9.17, 15) is 26.4 Å². The average molecular weight is 510 g/mol. The minimum atomic E-state index is -5.75. The lowest BCUT2D eigenvalue weighted by molar-refractivity contribution is -0.277. The molecule has 1 N–H and O–H groups in total. The summed E-state index contributed by atoms with van der Waals surface area (Å²) in [5.74, 6) is -1.35. The minimum absolute atomic E-state index is 0.130. The van der Waals surface area contributed by atoms with E-state index >= 15 is 0 Å². The second-order valence-electron chi connectivity index (χ2n) is 10.1. The van der Waals surface area contributed by atoms with Gasteiger partial charge in [-0.1, -0.05) is 6.07 Å². The molecule has 12 heteroatoms. The molecule has 1 fully saturated rings. The zero-order valence-corrected chi connectivity index (χ0v) is 20.6. The molecule has 0 saturated carbocycles. The first-order valence-electron chi connectivity index (χ1n) is 10.8. The molecule has 0 radical (unpaired) electrons. The number of carbonyl (C=O) groups excluding carboxylic acids is 1. The van der Waals surface area contributed by atoms with Gasteiger partial charge in [0.25, 0.3) is 0 Å². The third-order valence-electron chi connectivity index (χ3n) is 5.78. The van der Waals surface area contributed by atoms with Gasteiger partial charge in [0.1, 0.15) is 11.4 Å². The Hall–Kier alpha value is -2.05. The number of ether oxygens (including phenoxy) is 3. The highest BCUT2D eigenvalue weighted by Crippen LogP contribution is 2.39. The van der Waals surface area contributed by atoms with Crippen LogP contribution in [0.3, 0.4) is 0 Å². The fourth-order valence-corrected chi connectivity index (χ4v) is 4.49. The van der Waals surface area contributed by atoms with Gasteiger partial charge in [-0.3, -0.25) is 0 Å². The maximum absolute atomic E-state index is 12.6. The van der Waals surface area contributed by atoms with E-state index in [1.807, 2.05) is 0 Å². The number of benzene rings is 1. The minimum Gasteiger partial charge on any atom is -0.444 e. The maximum atomic E-state index is 12.6. The van der Waals surface area contributed by atoms with Crippen molar-refractivity contribution in [3.63, 3.8) is 0 Å². The lowest BCUT2D eigenvalue weighted by atomic mass is 9.72. The molecule has 0 bridgehead atoms. The molecule has 0 aromatic heterocycles. The molecular weight excluding hydrogens is 479 g/mol. The summed E-state index contributed by atoms with van der Waals surface area (Å²) in [6, 6.07) is 4.04. The molecule has 192 valence electrons. The van der Waals surface area contributed by atoms with Crippen molar-refractivity contribution in [3.8, 4) is 5.75 Å². The Kier molecular flexibility index (Phi) is 6.93. The van der Waals surface area contributed by atoms with Gasteiger partial charge in [-0.15, -0.1) is 0 Å². The van der Waals surface area contributed by atoms with Crippen molar-refractivity contribution in [2.45, 2.75) is 76.3 Å². The zero-order valence-electron chi connectivity index (χ0n) is 19.7. The highest BCUT2D eigenvalue weighted by atomic mass is 32.2. The number of aryl methyl sites for hydroxylation is 1. The number of alkyl halides is 3. The molecule has 1 aliphatic heterocycles. The first-order chi connectivity index (χ1) is 15.4. The van der Waals surface area contributed by atoms with Gasteiger partial charge in [-0.05, 0) is 83.1 Å². The number of hydrogen-bond acceptors (Lipinski definition) is 7. The van der Waals surface area contributed by atoms with Crippen molar-refractivity contribution in [2.75, 3.05) is 13.2 Å². The Morgan fingerprint density at radius 2 is 1.74 bits per heavy atom. The van der Waals surface area contributed by atoms with Crippen LogP contribution >= 0.6 is 0 Å². The van der Waals surface area contributed by atoms with Crippen LogP contribution in [0.5, 0.6) is 5.75 Å². The summed E-state index contributed by atoms with van der Waals surface area (Å²) in [7, 11) is -5.75. The van der Waals surface area contributed by atoms with Crippen molar-refractivity contribution in [1.29, 1.82) is 0 Å². The molecule has 34 heavy (non-hydrogen) atoms. The van der Waals surface area contributed by atoms with E-state index in [4.69, 9.17) is 14.2 Å². The molecule has 0 spiro atoms. The molecule has 1 saturated heterocycles. The van der Waals surface area contributed by atoms with Gasteiger partial charge in [-0.25, -0.2) is 4.79 Å². The smallest absolute Gasteiger partial charge is 0.444 e. The Balaban J connectivity index is 1.81. The molecule has 1 atom stereocenters. The standard InChI is InChI=1S/C22H30F3NO7S/c1-19(2,3)32-18(27)26-21(12-30-20(4,5)31-13-21)16-8-6-15-11-17(9-7-14(15)10-16)33-34(28,29)22(23,24)25/h7,9,11,16H,6,8,10,12-13H2,1-5H3,(H,26,27). The summed E-state index contributed by atoms with van der Waals surface area (Å²) in [4.78, 5) is 12.6. The predicted octanol–water partition coefficient (Wildman–Crippen LogP) is 4.07. The molecule has 1 unspecified atom stereocenters. The van der Waals surface area contributed by atoms with Crippen molar-refractivity contribution >= 4 is 16.2 Å². The number of nitrogens with one attached hydrogen (secondary N) is 1. The quantitative estimate of drug-likeness (QED) is 0.483. The number of hydrogen-bond donors (Lipinski definition) is 1. The van der Waals surface area contributed by atoms with Crippen molar-refractivity contribution in [3.05, 3.63) is 29.3 Å². The van der Waals surface area contributed by atoms with Gasteiger partial charge in [0, 0.05) is 0 Å². The van der Waals surface area contributed by atoms with Gasteiger partial charge in [0.15, 0.2) is 5.79 Å². The van der Waals surface area contributed by atoms with Crippen molar-refractivity contribution < 1.29 is 44.8 Å². The molecule has 1 aromatic carbocycles. The first-order valence-corrected chi connectivity index (χ1v) is 12.2. The molecule has 8 nitrogen and oxygen atoms in total. The summed E-state index contributed by atoms with van der Waals surface area (Å²) >= 11 is 0. The highest BCUT2D eigenvalue weighted by molar-refractivity contribution is 7.88. The zero-order chi connectivity index (χ0) is 25.6. The Morgan fingerprint density at radius 3 is 2.29 bits per heavy atom. The van der Waals surface area contributed by atoms with E-state index in [2.05, 4.69) is 9.50 Å². The van der Waals surface area contributed by atoms with Gasteiger partial charge >= 0.3 is 21.7 Å². The summed E-state index contributed by atoms with van der Waals surface area (Å²) in [5, 5.41) is 2.95. The SMILES string of the molecule is CC(C)(C)OC(=O)NC1(C2CCc3cc(OS(=O)(=O)C(F)(F)F)ccc3C2)COC(C)(C)OC1.